The van der Waals surface area contributed by atoms with Crippen LogP contribution in [0.25, 0.3) is 0 Å². The number of carbonyl (C=O) groups excluding carboxylic acids is 1. The van der Waals surface area contributed by atoms with Crippen LogP contribution in [0, 0.1) is 6.92 Å². The monoisotopic (exact) mass is 335 g/mol. The number of amides is 1. The fourth-order valence-corrected chi connectivity index (χ4v) is 2.74. The molecular weight excluding hydrogens is 314 g/mol. The van der Waals surface area contributed by atoms with E-state index in [1.54, 1.807) is 7.11 Å². The first-order valence-electron chi connectivity index (χ1n) is 7.56. The molecule has 0 saturated carbocycles. The zero-order valence-corrected chi connectivity index (χ0v) is 14.6. The molecule has 0 spiro atoms. The molecule has 0 radical (unpaired) electrons. The molecule has 0 saturated heterocycles. The maximum Gasteiger partial charge on any atom is 0.255 e. The lowest BCUT2D eigenvalue weighted by Crippen LogP contribution is -2.30. The highest BCUT2D eigenvalue weighted by Gasteiger charge is 2.21. The first kappa shape index (κ1) is 17.5. The number of rotatable bonds is 6. The Kier molecular flexibility index (Phi) is 5.80. The minimum absolute atomic E-state index is 0.158. The number of methoxy groups -OCH3 is 1. The molecule has 0 bridgehead atoms. The lowest BCUT2D eigenvalue weighted by Gasteiger charge is -2.18. The Labute approximate surface area is 141 Å². The van der Waals surface area contributed by atoms with Crippen molar-refractivity contribution in [1.82, 2.24) is 15.5 Å². The lowest BCUT2D eigenvalue weighted by molar-refractivity contribution is 0.0826. The van der Waals surface area contributed by atoms with Crippen LogP contribution < -0.4 is 5.32 Å². The van der Waals surface area contributed by atoms with E-state index in [1.165, 1.54) is 0 Å². The van der Waals surface area contributed by atoms with Crippen LogP contribution in [0.5, 0.6) is 0 Å². The Morgan fingerprint density at radius 2 is 2.09 bits per heavy atom. The zero-order valence-electron chi connectivity index (χ0n) is 13.8. The molecule has 124 valence electrons. The molecule has 0 fully saturated rings. The van der Waals surface area contributed by atoms with Gasteiger partial charge in [0.05, 0.1) is 11.3 Å². The smallest absolute Gasteiger partial charge is 0.255 e. The standard InChI is InChI=1S/C17H22ClN3O2/c1-10(2)16-15(11(3)20-21-16)17(22)19-9-14(23-4)12-7-5-6-8-13(12)18/h5-8,10,14H,9H2,1-4H3,(H,19,22)(H,20,21)/t14-/m0/s1. The van der Waals surface area contributed by atoms with Crippen molar-refractivity contribution < 1.29 is 9.53 Å². The van der Waals surface area contributed by atoms with Gasteiger partial charge in [-0.05, 0) is 18.9 Å². The summed E-state index contributed by atoms with van der Waals surface area (Å²) in [4.78, 5) is 12.5. The van der Waals surface area contributed by atoms with Crippen molar-refractivity contribution in [2.45, 2.75) is 32.8 Å². The van der Waals surface area contributed by atoms with Gasteiger partial charge in [0, 0.05) is 29.9 Å². The number of aromatic amines is 1. The average Bonchev–Trinajstić information content (AvgIpc) is 2.91. The number of nitrogens with one attached hydrogen (secondary N) is 2. The van der Waals surface area contributed by atoms with Crippen molar-refractivity contribution in [1.29, 1.82) is 0 Å². The van der Waals surface area contributed by atoms with Crippen molar-refractivity contribution in [3.8, 4) is 0 Å². The van der Waals surface area contributed by atoms with Gasteiger partial charge in [-0.1, -0.05) is 43.6 Å². The molecule has 2 rings (SSSR count). The topological polar surface area (TPSA) is 67.0 Å². The summed E-state index contributed by atoms with van der Waals surface area (Å²) in [6, 6.07) is 7.46. The SMILES string of the molecule is CO[C@@H](CNC(=O)c1c(C(C)C)n[nH]c1C)c1ccccc1Cl. The van der Waals surface area contributed by atoms with E-state index in [-0.39, 0.29) is 17.9 Å². The highest BCUT2D eigenvalue weighted by Crippen LogP contribution is 2.25. The second-order valence-electron chi connectivity index (χ2n) is 5.72. The van der Waals surface area contributed by atoms with Crippen LogP contribution in [0.4, 0.5) is 0 Å². The number of aromatic nitrogens is 2. The van der Waals surface area contributed by atoms with E-state index in [0.717, 1.165) is 17.0 Å². The predicted molar refractivity (Wildman–Crippen MR) is 90.9 cm³/mol. The number of halogens is 1. The molecule has 23 heavy (non-hydrogen) atoms. The fraction of sp³-hybridized carbons (Fsp3) is 0.412. The molecule has 2 aromatic rings. The summed E-state index contributed by atoms with van der Waals surface area (Å²) in [5.74, 6) is 0.0107. The van der Waals surface area contributed by atoms with Crippen molar-refractivity contribution in [2.75, 3.05) is 13.7 Å². The number of hydrogen-bond donors (Lipinski definition) is 2. The van der Waals surface area contributed by atoms with Crippen LogP contribution >= 0.6 is 11.6 Å². The van der Waals surface area contributed by atoms with Crippen molar-refractivity contribution in [2.24, 2.45) is 0 Å². The normalized spacial score (nSPS) is 12.4. The summed E-state index contributed by atoms with van der Waals surface area (Å²) in [6.07, 6.45) is -0.303. The summed E-state index contributed by atoms with van der Waals surface area (Å²) in [5.41, 5.74) is 2.99. The second-order valence-corrected chi connectivity index (χ2v) is 6.13. The van der Waals surface area contributed by atoms with Gasteiger partial charge in [0.2, 0.25) is 0 Å². The highest BCUT2D eigenvalue weighted by atomic mass is 35.5. The molecule has 2 N–H and O–H groups in total. The van der Waals surface area contributed by atoms with Gasteiger partial charge < -0.3 is 10.1 Å². The van der Waals surface area contributed by atoms with E-state index < -0.39 is 0 Å². The lowest BCUT2D eigenvalue weighted by atomic mass is 10.0. The van der Waals surface area contributed by atoms with E-state index in [9.17, 15) is 4.79 Å². The third-order valence-corrected chi connectivity index (χ3v) is 4.08. The van der Waals surface area contributed by atoms with Gasteiger partial charge in [-0.15, -0.1) is 0 Å². The van der Waals surface area contributed by atoms with Gasteiger partial charge in [-0.2, -0.15) is 5.10 Å². The van der Waals surface area contributed by atoms with Gasteiger partial charge in [-0.25, -0.2) is 0 Å². The number of benzene rings is 1. The minimum Gasteiger partial charge on any atom is -0.375 e. The Balaban J connectivity index is 2.12. The van der Waals surface area contributed by atoms with Crippen molar-refractivity contribution in [3.63, 3.8) is 0 Å². The summed E-state index contributed by atoms with van der Waals surface area (Å²) < 4.78 is 5.47. The zero-order chi connectivity index (χ0) is 17.0. The number of nitrogens with zero attached hydrogens (tertiary/aromatic N) is 1. The van der Waals surface area contributed by atoms with Gasteiger partial charge >= 0.3 is 0 Å². The molecule has 0 unspecified atom stereocenters. The quantitative estimate of drug-likeness (QED) is 0.847. The molecule has 1 amide bonds. The van der Waals surface area contributed by atoms with E-state index in [2.05, 4.69) is 15.5 Å². The van der Waals surface area contributed by atoms with E-state index in [4.69, 9.17) is 16.3 Å². The van der Waals surface area contributed by atoms with Crippen LogP contribution in [0.3, 0.4) is 0 Å². The van der Waals surface area contributed by atoms with E-state index in [1.807, 2.05) is 45.0 Å². The van der Waals surface area contributed by atoms with Crippen molar-refractivity contribution in [3.05, 3.63) is 51.8 Å². The molecule has 1 aromatic heterocycles. The van der Waals surface area contributed by atoms with E-state index >= 15 is 0 Å². The van der Waals surface area contributed by atoms with Crippen molar-refractivity contribution >= 4 is 17.5 Å². The molecule has 1 heterocycles. The molecule has 5 nitrogen and oxygen atoms in total. The van der Waals surface area contributed by atoms with E-state index in [0.29, 0.717) is 17.1 Å². The minimum atomic E-state index is -0.303. The van der Waals surface area contributed by atoms with Gasteiger partial charge in [0.1, 0.15) is 6.10 Å². The fourth-order valence-electron chi connectivity index (χ4n) is 2.48. The highest BCUT2D eigenvalue weighted by molar-refractivity contribution is 6.31. The number of aryl methyl sites for hydroxylation is 1. The largest absolute Gasteiger partial charge is 0.375 e. The van der Waals surface area contributed by atoms with Crippen LogP contribution in [0.2, 0.25) is 5.02 Å². The number of carbonyl (C=O) groups is 1. The second kappa shape index (κ2) is 7.62. The molecule has 6 heteroatoms. The summed E-state index contributed by atoms with van der Waals surface area (Å²) in [5, 5.41) is 10.6. The van der Waals surface area contributed by atoms with Crippen LogP contribution in [0.1, 0.15) is 53.2 Å². The Morgan fingerprint density at radius 3 is 2.70 bits per heavy atom. The molecule has 1 aromatic carbocycles. The maximum atomic E-state index is 12.5. The van der Waals surface area contributed by atoms with Gasteiger partial charge in [0.25, 0.3) is 5.91 Å². The molecule has 0 aliphatic heterocycles. The van der Waals surface area contributed by atoms with Crippen LogP contribution in [-0.2, 0) is 4.74 Å². The third-order valence-electron chi connectivity index (χ3n) is 3.73. The average molecular weight is 336 g/mol. The maximum absolute atomic E-state index is 12.5. The van der Waals surface area contributed by atoms with Gasteiger partial charge in [-0.3, -0.25) is 9.89 Å². The predicted octanol–water partition coefficient (Wildman–Crippen LogP) is 3.61. The first-order chi connectivity index (χ1) is 11.0. The molecule has 0 aliphatic rings. The number of hydrogen-bond acceptors (Lipinski definition) is 3. The summed E-state index contributed by atoms with van der Waals surface area (Å²) >= 11 is 6.20. The summed E-state index contributed by atoms with van der Waals surface area (Å²) in [6.45, 7) is 6.19. The first-order valence-corrected chi connectivity index (χ1v) is 7.93. The molecule has 0 aliphatic carbocycles. The van der Waals surface area contributed by atoms with Crippen LogP contribution in [0.15, 0.2) is 24.3 Å². The number of H-pyrrole nitrogens is 1. The summed E-state index contributed by atoms with van der Waals surface area (Å²) in [7, 11) is 1.60. The van der Waals surface area contributed by atoms with Crippen LogP contribution in [-0.4, -0.2) is 29.8 Å². The Morgan fingerprint density at radius 1 is 1.39 bits per heavy atom. The third kappa shape index (κ3) is 3.92. The Hall–Kier alpha value is -1.85. The molecular formula is C17H22ClN3O2. The Bertz CT molecular complexity index is 682. The number of ether oxygens (including phenoxy) is 1. The van der Waals surface area contributed by atoms with Gasteiger partial charge in [0.15, 0.2) is 0 Å². The molecule has 1 atom stereocenters.